The molecule has 0 spiro atoms. The number of ether oxygens (including phenoxy) is 1. The van der Waals surface area contributed by atoms with Crippen molar-refractivity contribution in [3.8, 4) is 5.75 Å². The summed E-state index contributed by atoms with van der Waals surface area (Å²) in [5.74, 6) is -0.520. The van der Waals surface area contributed by atoms with E-state index in [-0.39, 0.29) is 12.4 Å². The number of hydrogen-bond acceptors (Lipinski definition) is 3. The highest BCUT2D eigenvalue weighted by molar-refractivity contribution is 6.62. The van der Waals surface area contributed by atoms with Crippen LogP contribution in [-0.2, 0) is 9.31 Å². The molecule has 2 rings (SSSR count). The lowest BCUT2D eigenvalue weighted by atomic mass is 9.79. The smallest absolute Gasteiger partial charge is 0.488 e. The van der Waals surface area contributed by atoms with Gasteiger partial charge in [-0.25, -0.2) is 8.78 Å². The van der Waals surface area contributed by atoms with Crippen molar-refractivity contribution in [2.24, 2.45) is 0 Å². The maximum absolute atomic E-state index is 13.6. The van der Waals surface area contributed by atoms with Gasteiger partial charge in [0, 0.05) is 0 Å². The Bertz CT molecular complexity index is 475. The Kier molecular flexibility index (Phi) is 4.07. The number of alkyl halides is 1. The first-order chi connectivity index (χ1) is 9.27. The summed E-state index contributed by atoms with van der Waals surface area (Å²) >= 11 is 0. The van der Waals surface area contributed by atoms with Crippen molar-refractivity contribution < 1.29 is 22.8 Å². The van der Waals surface area contributed by atoms with Crippen molar-refractivity contribution in [3.05, 3.63) is 24.0 Å². The van der Waals surface area contributed by atoms with Crippen molar-refractivity contribution in [3.63, 3.8) is 0 Å². The van der Waals surface area contributed by atoms with Crippen LogP contribution in [0.3, 0.4) is 0 Å². The molecule has 0 radical (unpaired) electrons. The molecular formula is C14H19BF2O3. The Morgan fingerprint density at radius 2 is 1.75 bits per heavy atom. The van der Waals surface area contributed by atoms with Crippen LogP contribution in [0.5, 0.6) is 5.75 Å². The SMILES string of the molecule is CC1(C)OB(c2ccc(F)c(OCCF)c2)OC1(C)C. The minimum Gasteiger partial charge on any atom is -0.488 e. The van der Waals surface area contributed by atoms with Gasteiger partial charge in [-0.1, -0.05) is 6.07 Å². The molecule has 1 saturated heterocycles. The van der Waals surface area contributed by atoms with Gasteiger partial charge in [-0.15, -0.1) is 0 Å². The Morgan fingerprint density at radius 3 is 2.30 bits per heavy atom. The summed E-state index contributed by atoms with van der Waals surface area (Å²) in [5.41, 5.74) is -0.281. The molecule has 0 unspecified atom stereocenters. The third-order valence-corrected chi connectivity index (χ3v) is 3.82. The van der Waals surface area contributed by atoms with Crippen LogP contribution in [0.4, 0.5) is 8.78 Å². The third kappa shape index (κ3) is 2.81. The Balaban J connectivity index is 2.22. The highest BCUT2D eigenvalue weighted by atomic mass is 19.1. The minimum absolute atomic E-state index is 0.00913. The zero-order valence-corrected chi connectivity index (χ0v) is 12.2. The zero-order chi connectivity index (χ0) is 15.0. The molecule has 0 N–H and O–H groups in total. The van der Waals surface area contributed by atoms with Crippen LogP contribution in [-0.4, -0.2) is 31.6 Å². The highest BCUT2D eigenvalue weighted by Gasteiger charge is 2.51. The van der Waals surface area contributed by atoms with Gasteiger partial charge in [-0.2, -0.15) is 0 Å². The molecule has 3 nitrogen and oxygen atoms in total. The van der Waals surface area contributed by atoms with Crippen LogP contribution in [0, 0.1) is 5.82 Å². The lowest BCUT2D eigenvalue weighted by molar-refractivity contribution is 0.00578. The van der Waals surface area contributed by atoms with E-state index in [1.54, 1.807) is 6.07 Å². The fraction of sp³-hybridized carbons (Fsp3) is 0.571. The summed E-state index contributed by atoms with van der Waals surface area (Å²) in [5, 5.41) is 0. The summed E-state index contributed by atoms with van der Waals surface area (Å²) in [6.07, 6.45) is 0. The molecule has 110 valence electrons. The van der Waals surface area contributed by atoms with Crippen LogP contribution >= 0.6 is 0 Å². The lowest BCUT2D eigenvalue weighted by Crippen LogP contribution is -2.41. The van der Waals surface area contributed by atoms with E-state index < -0.39 is 30.8 Å². The molecule has 0 amide bonds. The van der Waals surface area contributed by atoms with Crippen LogP contribution in [0.25, 0.3) is 0 Å². The topological polar surface area (TPSA) is 27.7 Å². The maximum Gasteiger partial charge on any atom is 0.494 e. The Hall–Kier alpha value is -1.14. The fourth-order valence-electron chi connectivity index (χ4n) is 1.90. The predicted molar refractivity (Wildman–Crippen MR) is 73.6 cm³/mol. The molecule has 1 aromatic rings. The Morgan fingerprint density at radius 1 is 1.15 bits per heavy atom. The van der Waals surface area contributed by atoms with Crippen molar-refractivity contribution in [1.29, 1.82) is 0 Å². The normalized spacial score (nSPS) is 20.2. The predicted octanol–water partition coefficient (Wildman–Crippen LogP) is 2.47. The van der Waals surface area contributed by atoms with Gasteiger partial charge in [0.05, 0.1) is 11.2 Å². The van der Waals surface area contributed by atoms with E-state index in [2.05, 4.69) is 0 Å². The highest BCUT2D eigenvalue weighted by Crippen LogP contribution is 2.36. The van der Waals surface area contributed by atoms with E-state index >= 15 is 0 Å². The van der Waals surface area contributed by atoms with E-state index in [1.165, 1.54) is 12.1 Å². The van der Waals surface area contributed by atoms with Crippen molar-refractivity contribution in [2.75, 3.05) is 13.3 Å². The molecule has 20 heavy (non-hydrogen) atoms. The van der Waals surface area contributed by atoms with Crippen molar-refractivity contribution in [2.45, 2.75) is 38.9 Å². The molecule has 1 heterocycles. The second kappa shape index (κ2) is 5.33. The molecule has 1 aromatic carbocycles. The second-order valence-electron chi connectivity index (χ2n) is 5.82. The van der Waals surface area contributed by atoms with Gasteiger partial charge in [0.15, 0.2) is 11.6 Å². The van der Waals surface area contributed by atoms with E-state index in [4.69, 9.17) is 14.0 Å². The van der Waals surface area contributed by atoms with Gasteiger partial charge < -0.3 is 14.0 Å². The summed E-state index contributed by atoms with van der Waals surface area (Å²) in [6.45, 7) is 6.92. The lowest BCUT2D eigenvalue weighted by Gasteiger charge is -2.32. The van der Waals surface area contributed by atoms with Gasteiger partial charge in [-0.05, 0) is 45.3 Å². The van der Waals surface area contributed by atoms with Crippen molar-refractivity contribution in [1.82, 2.24) is 0 Å². The second-order valence-corrected chi connectivity index (χ2v) is 5.82. The molecule has 0 aromatic heterocycles. The molecule has 1 aliphatic heterocycles. The molecule has 0 aliphatic carbocycles. The molecule has 1 fully saturated rings. The van der Waals surface area contributed by atoms with Gasteiger partial charge in [0.1, 0.15) is 13.3 Å². The van der Waals surface area contributed by atoms with Crippen LogP contribution in [0.1, 0.15) is 27.7 Å². The molecule has 1 aliphatic rings. The van der Waals surface area contributed by atoms with Crippen LogP contribution in [0.15, 0.2) is 18.2 Å². The van der Waals surface area contributed by atoms with Crippen LogP contribution in [0.2, 0.25) is 0 Å². The number of halogens is 2. The van der Waals surface area contributed by atoms with Gasteiger partial charge in [0.25, 0.3) is 0 Å². The largest absolute Gasteiger partial charge is 0.494 e. The minimum atomic E-state index is -0.667. The number of benzene rings is 1. The third-order valence-electron chi connectivity index (χ3n) is 3.82. The standard InChI is InChI=1S/C14H19BF2O3/c1-13(2)14(3,4)20-15(19-13)10-5-6-11(17)12(9-10)18-8-7-16/h5-6,9H,7-8H2,1-4H3. The first-order valence-electron chi connectivity index (χ1n) is 6.61. The quantitative estimate of drug-likeness (QED) is 0.795. The van der Waals surface area contributed by atoms with Crippen molar-refractivity contribution >= 4 is 12.6 Å². The van der Waals surface area contributed by atoms with Gasteiger partial charge >= 0.3 is 7.12 Å². The molecule has 6 heteroatoms. The average molecular weight is 284 g/mol. The number of hydrogen-bond donors (Lipinski definition) is 0. The molecule has 0 bridgehead atoms. The first-order valence-corrected chi connectivity index (χ1v) is 6.61. The summed E-state index contributed by atoms with van der Waals surface area (Å²) < 4.78 is 42.5. The fourth-order valence-corrected chi connectivity index (χ4v) is 1.90. The van der Waals surface area contributed by atoms with E-state index in [1.807, 2.05) is 27.7 Å². The van der Waals surface area contributed by atoms with Gasteiger partial charge in [0.2, 0.25) is 0 Å². The number of rotatable bonds is 4. The van der Waals surface area contributed by atoms with Gasteiger partial charge in [-0.3, -0.25) is 0 Å². The van der Waals surface area contributed by atoms with E-state index in [0.717, 1.165) is 0 Å². The summed E-state index contributed by atoms with van der Waals surface area (Å²) in [6, 6.07) is 4.35. The summed E-state index contributed by atoms with van der Waals surface area (Å²) in [4.78, 5) is 0. The maximum atomic E-state index is 13.6. The average Bonchev–Trinajstić information content (AvgIpc) is 2.57. The molecule has 0 atom stereocenters. The first kappa shape index (κ1) is 15.3. The molecular weight excluding hydrogens is 265 g/mol. The van der Waals surface area contributed by atoms with E-state index in [9.17, 15) is 8.78 Å². The monoisotopic (exact) mass is 284 g/mol. The Labute approximate surface area is 118 Å². The van der Waals surface area contributed by atoms with E-state index in [0.29, 0.717) is 5.46 Å². The molecule has 0 saturated carbocycles. The summed E-state index contributed by atoms with van der Waals surface area (Å²) in [7, 11) is -0.590. The zero-order valence-electron chi connectivity index (χ0n) is 12.2. The van der Waals surface area contributed by atoms with Crippen LogP contribution < -0.4 is 10.2 Å².